The van der Waals surface area contributed by atoms with Gasteiger partial charge in [0.15, 0.2) is 21.4 Å². The van der Waals surface area contributed by atoms with Crippen LogP contribution in [-0.4, -0.2) is 24.7 Å². The smallest absolute Gasteiger partial charge is 0.193 e. The number of sulfone groups is 1. The molecule has 4 rings (SSSR count). The Labute approximate surface area is 225 Å². The van der Waals surface area contributed by atoms with Crippen LogP contribution >= 0.6 is 21.6 Å². The Bertz CT molecular complexity index is 1510. The van der Waals surface area contributed by atoms with Crippen molar-refractivity contribution in [1.29, 1.82) is 0 Å². The molecule has 0 N–H and O–H groups in total. The summed E-state index contributed by atoms with van der Waals surface area (Å²) in [5, 5.41) is 0. The van der Waals surface area contributed by atoms with Crippen molar-refractivity contribution in [2.75, 3.05) is 0 Å². The van der Waals surface area contributed by atoms with Crippen LogP contribution in [0.1, 0.15) is 45.7 Å². The van der Waals surface area contributed by atoms with Gasteiger partial charge in [0.25, 0.3) is 0 Å². The number of aryl methyl sites for hydroxylation is 1. The number of carbonyl (C=O) groups is 2. The van der Waals surface area contributed by atoms with Gasteiger partial charge in [0.2, 0.25) is 0 Å². The molecule has 188 valence electrons. The van der Waals surface area contributed by atoms with Crippen LogP contribution in [0.3, 0.4) is 0 Å². The Hall–Kier alpha value is -3.13. The minimum absolute atomic E-state index is 0.0163. The lowest BCUT2D eigenvalue weighted by molar-refractivity contribution is 0.0953. The van der Waals surface area contributed by atoms with Gasteiger partial charge in [-0.15, -0.1) is 0 Å². The summed E-state index contributed by atoms with van der Waals surface area (Å²) in [5.41, 5.74) is 2.58. The fourth-order valence-corrected chi connectivity index (χ4v) is 7.03. The summed E-state index contributed by atoms with van der Waals surface area (Å²) >= 11 is 0. The standard InChI is InChI=1S/C30H26O4S3/c1-21-9-19-27(20-10-21)37(33,34)30(2,3)29(32)24-13-17-26(18-14-24)36-35-25-15-11-23(12-16-25)28(31)22-7-5-4-6-8-22/h4-20H,1-3H3. The highest BCUT2D eigenvalue weighted by molar-refractivity contribution is 8.76. The normalized spacial score (nSPS) is 11.8. The van der Waals surface area contributed by atoms with E-state index in [9.17, 15) is 18.0 Å². The molecule has 0 bridgehead atoms. The monoisotopic (exact) mass is 546 g/mol. The predicted octanol–water partition coefficient (Wildman–Crippen LogP) is 7.46. The molecule has 0 spiro atoms. The van der Waals surface area contributed by atoms with E-state index in [1.54, 1.807) is 48.5 Å². The first-order chi connectivity index (χ1) is 17.6. The van der Waals surface area contributed by atoms with Crippen molar-refractivity contribution in [3.8, 4) is 0 Å². The third-order valence-electron chi connectivity index (χ3n) is 6.05. The lowest BCUT2D eigenvalue weighted by atomic mass is 10.0. The van der Waals surface area contributed by atoms with Gasteiger partial charge in [0.05, 0.1) is 4.90 Å². The van der Waals surface area contributed by atoms with Crippen LogP contribution in [0.15, 0.2) is 118 Å². The highest BCUT2D eigenvalue weighted by Crippen LogP contribution is 2.38. The highest BCUT2D eigenvalue weighted by atomic mass is 33.1. The molecule has 0 saturated heterocycles. The van der Waals surface area contributed by atoms with Gasteiger partial charge in [-0.3, -0.25) is 9.59 Å². The van der Waals surface area contributed by atoms with Crippen LogP contribution in [0.25, 0.3) is 0 Å². The van der Waals surface area contributed by atoms with Gasteiger partial charge in [-0.2, -0.15) is 0 Å². The van der Waals surface area contributed by atoms with Crippen LogP contribution in [0.2, 0.25) is 0 Å². The Morgan fingerprint density at radius 2 is 1.08 bits per heavy atom. The molecule has 0 aliphatic rings. The van der Waals surface area contributed by atoms with Crippen molar-refractivity contribution in [3.63, 3.8) is 0 Å². The van der Waals surface area contributed by atoms with Crippen LogP contribution in [0.4, 0.5) is 0 Å². The zero-order chi connectivity index (χ0) is 26.6. The molecule has 0 aliphatic carbocycles. The Balaban J connectivity index is 1.41. The van der Waals surface area contributed by atoms with Crippen LogP contribution in [0, 0.1) is 6.92 Å². The van der Waals surface area contributed by atoms with Crippen molar-refractivity contribution in [2.45, 2.75) is 40.2 Å². The van der Waals surface area contributed by atoms with E-state index in [1.807, 2.05) is 61.5 Å². The fraction of sp³-hybridized carbons (Fsp3) is 0.133. The van der Waals surface area contributed by atoms with E-state index < -0.39 is 20.4 Å². The van der Waals surface area contributed by atoms with E-state index in [0.717, 1.165) is 15.4 Å². The molecular weight excluding hydrogens is 521 g/mol. The molecule has 0 heterocycles. The van der Waals surface area contributed by atoms with Gasteiger partial charge in [0, 0.05) is 26.5 Å². The zero-order valence-electron chi connectivity index (χ0n) is 20.7. The van der Waals surface area contributed by atoms with Gasteiger partial charge in [-0.1, -0.05) is 81.7 Å². The summed E-state index contributed by atoms with van der Waals surface area (Å²) in [6, 6.07) is 30.1. The maximum atomic E-state index is 13.2. The van der Waals surface area contributed by atoms with Crippen molar-refractivity contribution in [1.82, 2.24) is 0 Å². The maximum Gasteiger partial charge on any atom is 0.193 e. The van der Waals surface area contributed by atoms with Gasteiger partial charge in [-0.25, -0.2) is 8.42 Å². The second kappa shape index (κ2) is 11.1. The number of Topliss-reactive ketones (excluding diaryl/α,β-unsaturated/α-hetero) is 1. The summed E-state index contributed by atoms with van der Waals surface area (Å²) < 4.78 is 24.8. The average Bonchev–Trinajstić information content (AvgIpc) is 2.92. The first kappa shape index (κ1) is 26.9. The molecule has 4 aromatic rings. The molecule has 0 radical (unpaired) electrons. The van der Waals surface area contributed by atoms with E-state index in [2.05, 4.69) is 0 Å². The molecule has 0 aliphatic heterocycles. The Kier molecular flexibility index (Phi) is 8.07. The summed E-state index contributed by atoms with van der Waals surface area (Å²) in [6.45, 7) is 4.79. The van der Waals surface area contributed by atoms with Gasteiger partial charge in [0.1, 0.15) is 4.75 Å². The lowest BCUT2D eigenvalue weighted by Crippen LogP contribution is -2.40. The quantitative estimate of drug-likeness (QED) is 0.160. The van der Waals surface area contributed by atoms with Crippen LogP contribution < -0.4 is 0 Å². The number of rotatable bonds is 9. The molecule has 0 fully saturated rings. The van der Waals surface area contributed by atoms with Gasteiger partial charge >= 0.3 is 0 Å². The van der Waals surface area contributed by atoms with E-state index in [4.69, 9.17) is 0 Å². The summed E-state index contributed by atoms with van der Waals surface area (Å²) in [6.07, 6.45) is 0. The predicted molar refractivity (Wildman–Crippen MR) is 151 cm³/mol. The molecular formula is C30H26O4S3. The largest absolute Gasteiger partial charge is 0.292 e. The number of hydrogen-bond donors (Lipinski definition) is 0. The minimum Gasteiger partial charge on any atom is -0.292 e. The molecule has 0 saturated carbocycles. The number of carbonyl (C=O) groups excluding carboxylic acids is 2. The van der Waals surface area contributed by atoms with E-state index in [1.165, 1.54) is 35.4 Å². The van der Waals surface area contributed by atoms with E-state index in [-0.39, 0.29) is 10.7 Å². The minimum atomic E-state index is -3.87. The Morgan fingerprint density at radius 3 is 1.59 bits per heavy atom. The molecule has 7 heteroatoms. The fourth-order valence-electron chi connectivity index (χ4n) is 3.66. The first-order valence-corrected chi connectivity index (χ1v) is 15.2. The molecule has 4 nitrogen and oxygen atoms in total. The summed E-state index contributed by atoms with van der Waals surface area (Å²) in [7, 11) is -0.815. The van der Waals surface area contributed by atoms with Crippen molar-refractivity contribution >= 4 is 43.0 Å². The SMILES string of the molecule is Cc1ccc(S(=O)(=O)C(C)(C)C(=O)c2ccc(SSc3ccc(C(=O)c4ccccc4)cc3)cc2)cc1. The van der Waals surface area contributed by atoms with Crippen LogP contribution in [-0.2, 0) is 9.84 Å². The molecule has 37 heavy (non-hydrogen) atoms. The number of ketones is 2. The molecule has 4 aromatic carbocycles. The van der Waals surface area contributed by atoms with Crippen molar-refractivity contribution in [2.24, 2.45) is 0 Å². The third-order valence-corrected chi connectivity index (χ3v) is 10.9. The van der Waals surface area contributed by atoms with E-state index >= 15 is 0 Å². The zero-order valence-corrected chi connectivity index (χ0v) is 23.1. The molecule has 0 unspecified atom stereocenters. The van der Waals surface area contributed by atoms with Crippen LogP contribution in [0.5, 0.6) is 0 Å². The van der Waals surface area contributed by atoms with Crippen molar-refractivity contribution < 1.29 is 18.0 Å². The molecule has 0 atom stereocenters. The average molecular weight is 547 g/mol. The maximum absolute atomic E-state index is 13.2. The topological polar surface area (TPSA) is 68.3 Å². The third kappa shape index (κ3) is 5.90. The first-order valence-electron chi connectivity index (χ1n) is 11.6. The van der Waals surface area contributed by atoms with Gasteiger partial charge < -0.3 is 0 Å². The molecule has 0 amide bonds. The Morgan fingerprint density at radius 1 is 0.622 bits per heavy atom. The number of benzene rings is 4. The lowest BCUT2D eigenvalue weighted by Gasteiger charge is -2.23. The highest BCUT2D eigenvalue weighted by Gasteiger charge is 2.43. The van der Waals surface area contributed by atoms with Crippen molar-refractivity contribution in [3.05, 3.63) is 125 Å². The molecule has 0 aromatic heterocycles. The summed E-state index contributed by atoms with van der Waals surface area (Å²) in [5.74, 6) is -0.465. The summed E-state index contributed by atoms with van der Waals surface area (Å²) in [4.78, 5) is 27.8. The number of hydrogen-bond acceptors (Lipinski definition) is 6. The van der Waals surface area contributed by atoms with E-state index in [0.29, 0.717) is 16.7 Å². The second-order valence-electron chi connectivity index (χ2n) is 9.07. The van der Waals surface area contributed by atoms with Gasteiger partial charge in [-0.05, 0) is 69.3 Å². The second-order valence-corrected chi connectivity index (χ2v) is 13.8.